The van der Waals surface area contributed by atoms with Crippen molar-refractivity contribution < 1.29 is 19.2 Å². The van der Waals surface area contributed by atoms with Crippen LogP contribution in [-0.4, -0.2) is 36.2 Å². The first-order chi connectivity index (χ1) is 15.3. The van der Waals surface area contributed by atoms with Gasteiger partial charge in [-0.3, -0.25) is 14.9 Å². The van der Waals surface area contributed by atoms with Gasteiger partial charge in [-0.15, -0.1) is 0 Å². The fourth-order valence-corrected chi connectivity index (χ4v) is 3.84. The zero-order valence-corrected chi connectivity index (χ0v) is 18.9. The number of carbonyl (C=O) groups excluding carboxylic acids is 1. The number of hydrogen-bond donors (Lipinski definition) is 1. The van der Waals surface area contributed by atoms with Crippen LogP contribution < -0.4 is 14.8 Å². The van der Waals surface area contributed by atoms with Crippen LogP contribution in [0.2, 0.25) is 0 Å². The van der Waals surface area contributed by atoms with E-state index in [-0.39, 0.29) is 30.3 Å². The molecule has 0 aliphatic rings. The number of nitro benzene ring substituents is 1. The maximum Gasteiger partial charge on any atom is 0.276 e. The maximum absolute atomic E-state index is 12.9. The van der Waals surface area contributed by atoms with E-state index in [1.165, 1.54) is 20.3 Å². The summed E-state index contributed by atoms with van der Waals surface area (Å²) in [6.07, 6.45) is 0.277. The molecule has 0 aliphatic heterocycles. The molecule has 1 amide bonds. The highest BCUT2D eigenvalue weighted by atomic mass is 16.6. The molecule has 0 fully saturated rings. The van der Waals surface area contributed by atoms with Crippen LogP contribution in [0.25, 0.3) is 5.69 Å². The molecular formula is C24H27N3O5. The van der Waals surface area contributed by atoms with Gasteiger partial charge in [0.2, 0.25) is 0 Å². The van der Waals surface area contributed by atoms with Crippen molar-refractivity contribution in [1.29, 1.82) is 0 Å². The average molecular weight is 437 g/mol. The number of methoxy groups -OCH3 is 2. The summed E-state index contributed by atoms with van der Waals surface area (Å²) in [7, 11) is 2.90. The van der Waals surface area contributed by atoms with Crippen LogP contribution in [0.4, 0.5) is 5.69 Å². The summed E-state index contributed by atoms with van der Waals surface area (Å²) >= 11 is 0. The van der Waals surface area contributed by atoms with Crippen molar-refractivity contribution in [3.63, 3.8) is 0 Å². The highest BCUT2D eigenvalue weighted by Gasteiger charge is 2.20. The van der Waals surface area contributed by atoms with Crippen LogP contribution in [0.15, 0.2) is 42.5 Å². The molecular weight excluding hydrogens is 410 g/mol. The minimum absolute atomic E-state index is 0.0745. The number of nitrogens with zero attached hydrogens (tertiary/aromatic N) is 2. The number of nitrogens with one attached hydrogen (secondary N) is 1. The molecule has 2 aromatic carbocycles. The second kappa shape index (κ2) is 9.55. The number of benzene rings is 2. The van der Waals surface area contributed by atoms with Crippen molar-refractivity contribution >= 4 is 11.6 Å². The molecule has 0 saturated heterocycles. The van der Waals surface area contributed by atoms with Crippen molar-refractivity contribution in [2.24, 2.45) is 0 Å². The van der Waals surface area contributed by atoms with E-state index in [4.69, 9.17) is 9.47 Å². The van der Waals surface area contributed by atoms with Gasteiger partial charge in [0, 0.05) is 29.2 Å². The van der Waals surface area contributed by atoms with Gasteiger partial charge in [0.05, 0.1) is 30.8 Å². The summed E-state index contributed by atoms with van der Waals surface area (Å²) in [6.45, 7) is 6.13. The quantitative estimate of drug-likeness (QED) is 0.419. The molecule has 0 unspecified atom stereocenters. The molecule has 0 atom stereocenters. The molecule has 1 aromatic heterocycles. The Morgan fingerprint density at radius 3 is 2.38 bits per heavy atom. The van der Waals surface area contributed by atoms with Crippen LogP contribution in [-0.2, 0) is 6.42 Å². The Kier molecular flexibility index (Phi) is 6.82. The zero-order valence-electron chi connectivity index (χ0n) is 18.9. The topological polar surface area (TPSA) is 95.6 Å². The highest BCUT2D eigenvalue weighted by Crippen LogP contribution is 2.34. The summed E-state index contributed by atoms with van der Waals surface area (Å²) in [5, 5.41) is 14.3. The first-order valence-corrected chi connectivity index (χ1v) is 10.2. The Morgan fingerprint density at radius 2 is 1.75 bits per heavy atom. The van der Waals surface area contributed by atoms with Crippen LogP contribution >= 0.6 is 0 Å². The Hall–Kier alpha value is -3.81. The van der Waals surface area contributed by atoms with E-state index in [1.54, 1.807) is 6.07 Å². The number of nitro groups is 1. The molecule has 3 rings (SSSR count). The first kappa shape index (κ1) is 22.9. The van der Waals surface area contributed by atoms with Crippen LogP contribution in [0.5, 0.6) is 11.5 Å². The number of aromatic nitrogens is 1. The molecule has 8 heteroatoms. The third kappa shape index (κ3) is 4.59. The van der Waals surface area contributed by atoms with Gasteiger partial charge in [-0.05, 0) is 57.0 Å². The largest absolute Gasteiger partial charge is 0.493 e. The molecule has 0 spiro atoms. The molecule has 0 radical (unpaired) electrons. The Bertz CT molecular complexity index is 1170. The van der Waals surface area contributed by atoms with Gasteiger partial charge in [-0.25, -0.2) is 0 Å². The minimum Gasteiger partial charge on any atom is -0.493 e. The van der Waals surface area contributed by atoms with Gasteiger partial charge < -0.3 is 19.4 Å². The second-order valence-corrected chi connectivity index (χ2v) is 7.56. The fourth-order valence-electron chi connectivity index (χ4n) is 3.84. The SMILES string of the molecule is COc1cc(CCNC(=O)c2cc(C)n(-c3cccc(C)c3)c2C)c([N+](=O)[O-])cc1OC. The minimum atomic E-state index is -0.464. The molecule has 0 aliphatic carbocycles. The average Bonchev–Trinajstić information content (AvgIpc) is 3.06. The Labute approximate surface area is 186 Å². The first-order valence-electron chi connectivity index (χ1n) is 10.2. The normalized spacial score (nSPS) is 10.7. The van der Waals surface area contributed by atoms with Gasteiger partial charge in [0.15, 0.2) is 11.5 Å². The highest BCUT2D eigenvalue weighted by molar-refractivity contribution is 5.96. The summed E-state index contributed by atoms with van der Waals surface area (Å²) in [4.78, 5) is 23.9. The van der Waals surface area contributed by atoms with Crippen molar-refractivity contribution in [3.05, 3.63) is 80.7 Å². The maximum atomic E-state index is 12.9. The third-order valence-corrected chi connectivity index (χ3v) is 5.40. The summed E-state index contributed by atoms with van der Waals surface area (Å²) in [5.74, 6) is 0.469. The van der Waals surface area contributed by atoms with Crippen molar-refractivity contribution in [2.45, 2.75) is 27.2 Å². The van der Waals surface area contributed by atoms with Gasteiger partial charge >= 0.3 is 0 Å². The third-order valence-electron chi connectivity index (χ3n) is 5.40. The van der Waals surface area contributed by atoms with Crippen LogP contribution in [0.1, 0.15) is 32.9 Å². The summed E-state index contributed by atoms with van der Waals surface area (Å²) < 4.78 is 12.4. The van der Waals surface area contributed by atoms with E-state index in [2.05, 4.69) is 11.4 Å². The van der Waals surface area contributed by atoms with Crippen molar-refractivity contribution in [2.75, 3.05) is 20.8 Å². The molecule has 32 heavy (non-hydrogen) atoms. The molecule has 8 nitrogen and oxygen atoms in total. The van der Waals surface area contributed by atoms with Crippen molar-refractivity contribution in [1.82, 2.24) is 9.88 Å². The number of amides is 1. The Balaban J connectivity index is 1.78. The molecule has 3 aromatic rings. The van der Waals surface area contributed by atoms with E-state index in [0.717, 1.165) is 22.6 Å². The molecule has 168 valence electrons. The number of hydrogen-bond acceptors (Lipinski definition) is 5. The lowest BCUT2D eigenvalue weighted by atomic mass is 10.1. The zero-order chi connectivity index (χ0) is 23.4. The van der Waals surface area contributed by atoms with Gasteiger partial charge in [0.1, 0.15) is 0 Å². The monoisotopic (exact) mass is 437 g/mol. The summed E-state index contributed by atoms with van der Waals surface area (Å²) in [6, 6.07) is 12.9. The lowest BCUT2D eigenvalue weighted by Gasteiger charge is -2.12. The molecule has 1 N–H and O–H groups in total. The molecule has 0 bridgehead atoms. The van der Waals surface area contributed by atoms with E-state index < -0.39 is 4.92 Å². The fraction of sp³-hybridized carbons (Fsp3) is 0.292. The summed E-state index contributed by atoms with van der Waals surface area (Å²) in [5.41, 5.74) is 4.88. The predicted molar refractivity (Wildman–Crippen MR) is 122 cm³/mol. The number of carbonyl (C=O) groups is 1. The van der Waals surface area contributed by atoms with Gasteiger partial charge in [-0.2, -0.15) is 0 Å². The smallest absolute Gasteiger partial charge is 0.276 e. The number of rotatable bonds is 8. The van der Waals surface area contributed by atoms with Crippen molar-refractivity contribution in [3.8, 4) is 17.2 Å². The standard InChI is InChI=1S/C24H27N3O5/c1-15-7-6-8-19(11-15)26-16(2)12-20(17(26)3)24(28)25-10-9-18-13-22(31-4)23(32-5)14-21(18)27(29)30/h6-8,11-14H,9-10H2,1-5H3,(H,25,28). The lowest BCUT2D eigenvalue weighted by Crippen LogP contribution is -2.26. The second-order valence-electron chi connectivity index (χ2n) is 7.56. The predicted octanol–water partition coefficient (Wildman–Crippen LogP) is 4.30. The van der Waals surface area contributed by atoms with E-state index >= 15 is 0 Å². The van der Waals surface area contributed by atoms with Gasteiger partial charge in [-0.1, -0.05) is 12.1 Å². The molecule has 0 saturated carbocycles. The number of aryl methyl sites for hydroxylation is 2. The van der Waals surface area contributed by atoms with Crippen LogP contribution in [0.3, 0.4) is 0 Å². The Morgan fingerprint density at radius 1 is 1.06 bits per heavy atom. The van der Waals surface area contributed by atoms with E-state index in [9.17, 15) is 14.9 Å². The van der Waals surface area contributed by atoms with Gasteiger partial charge in [0.25, 0.3) is 11.6 Å². The van der Waals surface area contributed by atoms with E-state index in [1.807, 2.05) is 49.6 Å². The lowest BCUT2D eigenvalue weighted by molar-refractivity contribution is -0.385. The van der Waals surface area contributed by atoms with Crippen LogP contribution in [0, 0.1) is 30.9 Å². The molecule has 1 heterocycles. The number of ether oxygens (including phenoxy) is 2. The van der Waals surface area contributed by atoms with E-state index in [0.29, 0.717) is 16.9 Å².